The zero-order chi connectivity index (χ0) is 12.9. The highest BCUT2D eigenvalue weighted by molar-refractivity contribution is 4.82. The normalized spacial score (nSPS) is 20.1. The molecule has 1 rings (SSSR count). The molecule has 0 atom stereocenters. The number of β-amino-alcohol motifs (C(OH)–C–C–N with tert-alkyl or cyclic N) is 1. The molecular formula is C14H30N2O. The fraction of sp³-hybridized carbons (Fsp3) is 1.00. The van der Waals surface area contributed by atoms with Crippen LogP contribution in [0.25, 0.3) is 0 Å². The van der Waals surface area contributed by atoms with Crippen LogP contribution in [0.5, 0.6) is 0 Å². The number of nitrogens with zero attached hydrogens (tertiary/aromatic N) is 2. The first-order valence-electron chi connectivity index (χ1n) is 7.16. The van der Waals surface area contributed by atoms with Crippen molar-refractivity contribution in [3.05, 3.63) is 0 Å². The van der Waals surface area contributed by atoms with Crippen LogP contribution in [0.4, 0.5) is 0 Å². The van der Waals surface area contributed by atoms with Gasteiger partial charge in [0, 0.05) is 39.3 Å². The molecule has 0 aromatic rings. The topological polar surface area (TPSA) is 26.7 Å². The predicted molar refractivity (Wildman–Crippen MR) is 73.2 cm³/mol. The molecule has 0 bridgehead atoms. The monoisotopic (exact) mass is 242 g/mol. The second kappa shape index (κ2) is 6.72. The summed E-state index contributed by atoms with van der Waals surface area (Å²) in [5, 5.41) is 10.3. The zero-order valence-corrected chi connectivity index (χ0v) is 12.1. The number of aliphatic hydroxyl groups is 1. The largest absolute Gasteiger partial charge is 0.389 e. The van der Waals surface area contributed by atoms with Gasteiger partial charge in [-0.2, -0.15) is 0 Å². The molecule has 0 amide bonds. The molecule has 1 aliphatic rings. The third-order valence-corrected chi connectivity index (χ3v) is 3.92. The SMILES string of the molecule is CCC(O)(CC)CN1CCN(CC(C)C)CC1. The third kappa shape index (κ3) is 4.94. The summed E-state index contributed by atoms with van der Waals surface area (Å²) in [5.41, 5.74) is -0.472. The molecule has 0 aromatic heterocycles. The zero-order valence-electron chi connectivity index (χ0n) is 12.1. The van der Waals surface area contributed by atoms with Gasteiger partial charge in [0.2, 0.25) is 0 Å². The van der Waals surface area contributed by atoms with E-state index in [9.17, 15) is 5.11 Å². The van der Waals surface area contributed by atoms with E-state index in [4.69, 9.17) is 0 Å². The lowest BCUT2D eigenvalue weighted by Crippen LogP contribution is -2.52. The second-order valence-electron chi connectivity index (χ2n) is 5.90. The number of rotatable bonds is 6. The molecule has 1 N–H and O–H groups in total. The quantitative estimate of drug-likeness (QED) is 0.769. The van der Waals surface area contributed by atoms with Gasteiger partial charge in [0.05, 0.1) is 5.60 Å². The van der Waals surface area contributed by atoms with Crippen molar-refractivity contribution >= 4 is 0 Å². The Morgan fingerprint density at radius 2 is 1.47 bits per heavy atom. The number of hydrogen-bond donors (Lipinski definition) is 1. The first kappa shape index (κ1) is 14.9. The lowest BCUT2D eigenvalue weighted by atomic mass is 9.96. The Kier molecular flexibility index (Phi) is 5.90. The Morgan fingerprint density at radius 1 is 1.00 bits per heavy atom. The van der Waals surface area contributed by atoms with Gasteiger partial charge < -0.3 is 10.0 Å². The summed E-state index contributed by atoms with van der Waals surface area (Å²) in [6.07, 6.45) is 1.71. The minimum Gasteiger partial charge on any atom is -0.389 e. The smallest absolute Gasteiger partial charge is 0.0768 e. The van der Waals surface area contributed by atoms with Gasteiger partial charge in [-0.15, -0.1) is 0 Å². The Morgan fingerprint density at radius 3 is 1.88 bits per heavy atom. The van der Waals surface area contributed by atoms with Crippen LogP contribution < -0.4 is 0 Å². The Bertz CT molecular complexity index is 206. The highest BCUT2D eigenvalue weighted by atomic mass is 16.3. The van der Waals surface area contributed by atoms with Gasteiger partial charge in [-0.3, -0.25) is 4.90 Å². The molecule has 0 radical (unpaired) electrons. The van der Waals surface area contributed by atoms with Crippen LogP contribution in [-0.4, -0.2) is 59.8 Å². The minimum atomic E-state index is -0.472. The van der Waals surface area contributed by atoms with Gasteiger partial charge >= 0.3 is 0 Å². The molecule has 0 spiro atoms. The van der Waals surface area contributed by atoms with Crippen LogP contribution in [0.3, 0.4) is 0 Å². The van der Waals surface area contributed by atoms with Crippen molar-refractivity contribution in [1.29, 1.82) is 0 Å². The van der Waals surface area contributed by atoms with Crippen LogP contribution >= 0.6 is 0 Å². The lowest BCUT2D eigenvalue weighted by Gasteiger charge is -2.39. The standard InChI is InChI=1S/C14H30N2O/c1-5-14(17,6-2)12-16-9-7-15(8-10-16)11-13(3)4/h13,17H,5-12H2,1-4H3. The van der Waals surface area contributed by atoms with Gasteiger partial charge in [0.15, 0.2) is 0 Å². The van der Waals surface area contributed by atoms with E-state index in [2.05, 4.69) is 37.5 Å². The summed E-state index contributed by atoms with van der Waals surface area (Å²) in [6.45, 7) is 15.3. The first-order valence-corrected chi connectivity index (χ1v) is 7.16. The molecule has 102 valence electrons. The Labute approximate surface area is 107 Å². The van der Waals surface area contributed by atoms with E-state index >= 15 is 0 Å². The van der Waals surface area contributed by atoms with Gasteiger partial charge in [0.25, 0.3) is 0 Å². The minimum absolute atomic E-state index is 0.472. The molecule has 1 aliphatic heterocycles. The van der Waals surface area contributed by atoms with E-state index in [1.54, 1.807) is 0 Å². The number of hydrogen-bond acceptors (Lipinski definition) is 3. The summed E-state index contributed by atoms with van der Waals surface area (Å²) in [6, 6.07) is 0. The van der Waals surface area contributed by atoms with Crippen molar-refractivity contribution in [1.82, 2.24) is 9.80 Å². The molecule has 1 fully saturated rings. The van der Waals surface area contributed by atoms with Crippen LogP contribution in [0.2, 0.25) is 0 Å². The third-order valence-electron chi connectivity index (χ3n) is 3.92. The van der Waals surface area contributed by atoms with Gasteiger partial charge in [0.1, 0.15) is 0 Å². The van der Waals surface area contributed by atoms with Crippen molar-refractivity contribution in [3.63, 3.8) is 0 Å². The van der Waals surface area contributed by atoms with Crippen LogP contribution in [0.1, 0.15) is 40.5 Å². The molecule has 17 heavy (non-hydrogen) atoms. The summed E-state index contributed by atoms with van der Waals surface area (Å²) in [5.74, 6) is 0.754. The maximum absolute atomic E-state index is 10.3. The van der Waals surface area contributed by atoms with Crippen molar-refractivity contribution in [2.24, 2.45) is 5.92 Å². The molecule has 3 nitrogen and oxygen atoms in total. The first-order chi connectivity index (χ1) is 7.99. The second-order valence-corrected chi connectivity index (χ2v) is 5.90. The molecule has 1 saturated heterocycles. The lowest BCUT2D eigenvalue weighted by molar-refractivity contribution is -0.0163. The van der Waals surface area contributed by atoms with E-state index < -0.39 is 5.60 Å². The van der Waals surface area contributed by atoms with E-state index in [0.29, 0.717) is 0 Å². The van der Waals surface area contributed by atoms with Crippen molar-refractivity contribution in [2.75, 3.05) is 39.3 Å². The number of piperazine rings is 1. The van der Waals surface area contributed by atoms with Crippen molar-refractivity contribution < 1.29 is 5.11 Å². The average Bonchev–Trinajstić information content (AvgIpc) is 2.31. The van der Waals surface area contributed by atoms with Gasteiger partial charge in [-0.05, 0) is 18.8 Å². The highest BCUT2D eigenvalue weighted by Crippen LogP contribution is 2.17. The van der Waals surface area contributed by atoms with Crippen LogP contribution in [-0.2, 0) is 0 Å². The molecule has 3 heteroatoms. The van der Waals surface area contributed by atoms with E-state index in [0.717, 1.165) is 51.5 Å². The molecule has 0 saturated carbocycles. The Balaban J connectivity index is 2.32. The maximum Gasteiger partial charge on any atom is 0.0768 e. The fourth-order valence-corrected chi connectivity index (χ4v) is 2.54. The predicted octanol–water partition coefficient (Wildman–Crippen LogP) is 1.81. The van der Waals surface area contributed by atoms with Crippen LogP contribution in [0, 0.1) is 5.92 Å². The molecule has 1 heterocycles. The summed E-state index contributed by atoms with van der Waals surface area (Å²) >= 11 is 0. The van der Waals surface area contributed by atoms with Crippen molar-refractivity contribution in [2.45, 2.75) is 46.1 Å². The van der Waals surface area contributed by atoms with E-state index in [1.165, 1.54) is 6.54 Å². The van der Waals surface area contributed by atoms with E-state index in [1.807, 2.05) is 0 Å². The maximum atomic E-state index is 10.3. The van der Waals surface area contributed by atoms with Crippen LogP contribution in [0.15, 0.2) is 0 Å². The summed E-state index contributed by atoms with van der Waals surface area (Å²) in [7, 11) is 0. The fourth-order valence-electron chi connectivity index (χ4n) is 2.54. The van der Waals surface area contributed by atoms with E-state index in [-0.39, 0.29) is 0 Å². The average molecular weight is 242 g/mol. The Hall–Kier alpha value is -0.120. The summed E-state index contributed by atoms with van der Waals surface area (Å²) < 4.78 is 0. The summed E-state index contributed by atoms with van der Waals surface area (Å²) in [4.78, 5) is 4.96. The van der Waals surface area contributed by atoms with Gasteiger partial charge in [-0.25, -0.2) is 0 Å². The van der Waals surface area contributed by atoms with Crippen molar-refractivity contribution in [3.8, 4) is 0 Å². The molecule has 0 aliphatic carbocycles. The molecular weight excluding hydrogens is 212 g/mol. The highest BCUT2D eigenvalue weighted by Gasteiger charge is 2.27. The van der Waals surface area contributed by atoms with Gasteiger partial charge in [-0.1, -0.05) is 27.7 Å². The molecule has 0 unspecified atom stereocenters. The molecule has 0 aromatic carbocycles.